The summed E-state index contributed by atoms with van der Waals surface area (Å²) in [6.45, 7) is 3.42. The third kappa shape index (κ3) is 4.85. The number of esters is 1. The lowest BCUT2D eigenvalue weighted by Crippen LogP contribution is -2.43. The number of aliphatic hydroxyl groups is 1. The van der Waals surface area contributed by atoms with Crippen LogP contribution in [0.5, 0.6) is 0 Å². The van der Waals surface area contributed by atoms with Crippen molar-refractivity contribution in [1.82, 2.24) is 4.90 Å². The number of hydrogen-bond acceptors (Lipinski definition) is 5. The highest BCUT2D eigenvalue weighted by molar-refractivity contribution is 5.85. The fourth-order valence-electron chi connectivity index (χ4n) is 3.87. The van der Waals surface area contributed by atoms with Gasteiger partial charge in [-0.1, -0.05) is 91.0 Å². The Kier molecular flexibility index (Phi) is 6.77. The second-order valence-corrected chi connectivity index (χ2v) is 7.66. The van der Waals surface area contributed by atoms with Gasteiger partial charge in [-0.2, -0.15) is 0 Å². The average Bonchev–Trinajstić information content (AvgIpc) is 2.85. The van der Waals surface area contributed by atoms with E-state index in [2.05, 4.69) is 4.90 Å². The Labute approximate surface area is 182 Å². The molecule has 1 fully saturated rings. The monoisotopic (exact) mass is 417 g/mol. The molecule has 1 saturated heterocycles. The van der Waals surface area contributed by atoms with Gasteiger partial charge in [-0.15, -0.1) is 0 Å². The molecule has 5 heteroatoms. The van der Waals surface area contributed by atoms with E-state index < -0.39 is 17.7 Å². The molecule has 1 heterocycles. The molecular weight excluding hydrogens is 390 g/mol. The standard InChI is InChI=1S/C26H27NO4/c28-25(26(29,22-12-6-2-7-13-22)23-14-8-3-9-15-23)31-24(21-10-4-1-5-11-21)20-27-16-18-30-19-17-27/h1-15,24,29H,16-20H2. The van der Waals surface area contributed by atoms with Crippen LogP contribution in [0.4, 0.5) is 0 Å². The quantitative estimate of drug-likeness (QED) is 0.596. The highest BCUT2D eigenvalue weighted by atomic mass is 16.6. The summed E-state index contributed by atoms with van der Waals surface area (Å²) < 4.78 is 11.5. The highest BCUT2D eigenvalue weighted by Crippen LogP contribution is 2.33. The molecule has 0 saturated carbocycles. The summed E-state index contributed by atoms with van der Waals surface area (Å²) in [4.78, 5) is 15.8. The van der Waals surface area contributed by atoms with E-state index in [4.69, 9.17) is 9.47 Å². The zero-order valence-electron chi connectivity index (χ0n) is 17.4. The molecule has 0 aromatic heterocycles. The second kappa shape index (κ2) is 9.88. The maximum Gasteiger partial charge on any atom is 0.348 e. The van der Waals surface area contributed by atoms with Crippen molar-refractivity contribution < 1.29 is 19.4 Å². The SMILES string of the molecule is O=C(OC(CN1CCOCC1)c1ccccc1)C(O)(c1ccccc1)c1ccccc1. The summed E-state index contributed by atoms with van der Waals surface area (Å²) in [7, 11) is 0. The zero-order valence-corrected chi connectivity index (χ0v) is 17.4. The van der Waals surface area contributed by atoms with Crippen LogP contribution in [0.2, 0.25) is 0 Å². The highest BCUT2D eigenvalue weighted by Gasteiger charge is 2.43. The van der Waals surface area contributed by atoms with Gasteiger partial charge in [0.2, 0.25) is 5.60 Å². The summed E-state index contributed by atoms with van der Waals surface area (Å²) in [5.41, 5.74) is -0.0554. The van der Waals surface area contributed by atoms with Gasteiger partial charge in [0.15, 0.2) is 0 Å². The Hall–Kier alpha value is -2.99. The van der Waals surface area contributed by atoms with Crippen LogP contribution in [0.15, 0.2) is 91.0 Å². The zero-order chi connectivity index (χ0) is 21.5. The van der Waals surface area contributed by atoms with Gasteiger partial charge in [0, 0.05) is 19.6 Å². The maximum absolute atomic E-state index is 13.6. The van der Waals surface area contributed by atoms with E-state index >= 15 is 0 Å². The topological polar surface area (TPSA) is 59.0 Å². The number of morpholine rings is 1. The Bertz CT molecular complexity index is 917. The molecule has 3 aromatic rings. The molecule has 3 aromatic carbocycles. The molecule has 160 valence electrons. The lowest BCUT2D eigenvalue weighted by Gasteiger charge is -2.33. The third-order valence-corrected chi connectivity index (χ3v) is 5.63. The van der Waals surface area contributed by atoms with E-state index in [1.165, 1.54) is 0 Å². The van der Waals surface area contributed by atoms with Crippen molar-refractivity contribution in [2.75, 3.05) is 32.8 Å². The molecule has 0 amide bonds. The number of benzene rings is 3. The minimum Gasteiger partial charge on any atom is -0.453 e. The molecule has 1 aliphatic heterocycles. The average molecular weight is 418 g/mol. The van der Waals surface area contributed by atoms with Crippen LogP contribution in [0.3, 0.4) is 0 Å². The van der Waals surface area contributed by atoms with Gasteiger partial charge >= 0.3 is 5.97 Å². The van der Waals surface area contributed by atoms with Crippen molar-refractivity contribution in [3.8, 4) is 0 Å². The Balaban J connectivity index is 1.66. The van der Waals surface area contributed by atoms with Gasteiger partial charge in [0.25, 0.3) is 0 Å². The van der Waals surface area contributed by atoms with Crippen LogP contribution in [-0.2, 0) is 19.9 Å². The van der Waals surface area contributed by atoms with E-state index in [-0.39, 0.29) is 0 Å². The summed E-state index contributed by atoms with van der Waals surface area (Å²) in [6.07, 6.45) is -0.509. The molecule has 0 bridgehead atoms. The van der Waals surface area contributed by atoms with Gasteiger partial charge in [-0.25, -0.2) is 4.79 Å². The van der Waals surface area contributed by atoms with Crippen molar-refractivity contribution in [3.05, 3.63) is 108 Å². The van der Waals surface area contributed by atoms with Crippen LogP contribution in [0.25, 0.3) is 0 Å². The Morgan fingerprint density at radius 3 is 1.87 bits per heavy atom. The fourth-order valence-corrected chi connectivity index (χ4v) is 3.87. The van der Waals surface area contributed by atoms with Crippen molar-refractivity contribution in [2.24, 2.45) is 0 Å². The molecular formula is C26H27NO4. The number of rotatable bonds is 7. The summed E-state index contributed by atoms with van der Waals surface area (Å²) in [5, 5.41) is 11.7. The van der Waals surface area contributed by atoms with Crippen molar-refractivity contribution in [1.29, 1.82) is 0 Å². The smallest absolute Gasteiger partial charge is 0.348 e. The normalized spacial score (nSPS) is 15.9. The van der Waals surface area contributed by atoms with Crippen LogP contribution in [-0.4, -0.2) is 48.8 Å². The number of nitrogens with zero attached hydrogens (tertiary/aromatic N) is 1. The van der Waals surface area contributed by atoms with Crippen molar-refractivity contribution >= 4 is 5.97 Å². The molecule has 1 unspecified atom stereocenters. The molecule has 0 aliphatic carbocycles. The van der Waals surface area contributed by atoms with Gasteiger partial charge in [0.1, 0.15) is 6.10 Å². The van der Waals surface area contributed by atoms with Crippen LogP contribution < -0.4 is 0 Å². The predicted molar refractivity (Wildman–Crippen MR) is 118 cm³/mol. The number of carbonyl (C=O) groups excluding carboxylic acids is 1. The van der Waals surface area contributed by atoms with E-state index in [0.29, 0.717) is 30.9 Å². The van der Waals surface area contributed by atoms with Crippen LogP contribution in [0, 0.1) is 0 Å². The predicted octanol–water partition coefficient (Wildman–Crippen LogP) is 3.54. The summed E-state index contributed by atoms with van der Waals surface area (Å²) in [5.74, 6) is -0.688. The van der Waals surface area contributed by atoms with Crippen molar-refractivity contribution in [3.63, 3.8) is 0 Å². The number of carbonyl (C=O) groups is 1. The van der Waals surface area contributed by atoms with E-state index in [1.54, 1.807) is 48.5 Å². The second-order valence-electron chi connectivity index (χ2n) is 7.66. The first-order valence-corrected chi connectivity index (χ1v) is 10.6. The molecule has 0 spiro atoms. The Morgan fingerprint density at radius 2 is 1.35 bits per heavy atom. The minimum absolute atomic E-state index is 0.476. The lowest BCUT2D eigenvalue weighted by atomic mass is 9.86. The molecule has 31 heavy (non-hydrogen) atoms. The summed E-state index contributed by atoms with van der Waals surface area (Å²) >= 11 is 0. The molecule has 5 nitrogen and oxygen atoms in total. The molecule has 4 rings (SSSR count). The van der Waals surface area contributed by atoms with Crippen LogP contribution >= 0.6 is 0 Å². The maximum atomic E-state index is 13.6. The largest absolute Gasteiger partial charge is 0.453 e. The molecule has 1 aliphatic rings. The van der Waals surface area contributed by atoms with Gasteiger partial charge in [-0.05, 0) is 16.7 Å². The number of ether oxygens (including phenoxy) is 2. The number of hydrogen-bond donors (Lipinski definition) is 1. The minimum atomic E-state index is -1.90. The summed E-state index contributed by atoms with van der Waals surface area (Å²) in [6, 6.07) is 27.6. The van der Waals surface area contributed by atoms with Gasteiger partial charge in [0.05, 0.1) is 13.2 Å². The van der Waals surface area contributed by atoms with E-state index in [9.17, 15) is 9.90 Å². The van der Waals surface area contributed by atoms with Gasteiger partial charge in [-0.3, -0.25) is 4.90 Å². The molecule has 1 atom stereocenters. The molecule has 0 radical (unpaired) electrons. The third-order valence-electron chi connectivity index (χ3n) is 5.63. The van der Waals surface area contributed by atoms with Crippen LogP contribution in [0.1, 0.15) is 22.8 Å². The Morgan fingerprint density at radius 1 is 0.871 bits per heavy atom. The molecule has 1 N–H and O–H groups in total. The van der Waals surface area contributed by atoms with Gasteiger partial charge < -0.3 is 14.6 Å². The van der Waals surface area contributed by atoms with E-state index in [1.807, 2.05) is 42.5 Å². The van der Waals surface area contributed by atoms with Crippen molar-refractivity contribution in [2.45, 2.75) is 11.7 Å². The fraction of sp³-hybridized carbons (Fsp3) is 0.269. The first kappa shape index (κ1) is 21.2. The lowest BCUT2D eigenvalue weighted by molar-refractivity contribution is -0.169. The first-order valence-electron chi connectivity index (χ1n) is 10.6. The van der Waals surface area contributed by atoms with E-state index in [0.717, 1.165) is 18.7 Å². The first-order chi connectivity index (χ1) is 15.2.